The zero-order valence-electron chi connectivity index (χ0n) is 16.5. The molecule has 0 radical (unpaired) electrons. The molecule has 0 fully saturated rings. The highest BCUT2D eigenvalue weighted by atomic mass is 35.5. The van der Waals surface area contributed by atoms with Crippen LogP contribution in [0.1, 0.15) is 5.56 Å². The largest absolute Gasteiger partial charge is 0.271 e. The van der Waals surface area contributed by atoms with Gasteiger partial charge in [-0.2, -0.15) is 5.10 Å². The Hall–Kier alpha value is -3.76. The van der Waals surface area contributed by atoms with E-state index in [0.29, 0.717) is 10.6 Å². The number of anilines is 1. The van der Waals surface area contributed by atoms with Crippen molar-refractivity contribution < 1.29 is 18.1 Å². The van der Waals surface area contributed by atoms with Gasteiger partial charge >= 0.3 is 0 Å². The molecule has 1 amide bonds. The minimum absolute atomic E-state index is 0.0340. The van der Waals surface area contributed by atoms with Crippen LogP contribution < -0.4 is 9.73 Å². The predicted octanol–water partition coefficient (Wildman–Crippen LogP) is 3.59. The van der Waals surface area contributed by atoms with E-state index in [-0.39, 0.29) is 16.3 Å². The summed E-state index contributed by atoms with van der Waals surface area (Å²) in [5, 5.41) is 15.4. The Morgan fingerprint density at radius 3 is 2.44 bits per heavy atom. The third-order valence-corrected chi connectivity index (χ3v) is 6.38. The quantitative estimate of drug-likeness (QED) is 0.305. The zero-order valence-corrected chi connectivity index (χ0v) is 18.0. The third kappa shape index (κ3) is 5.48. The molecule has 0 saturated heterocycles. The normalized spacial score (nSPS) is 11.3. The molecule has 0 aliphatic heterocycles. The van der Waals surface area contributed by atoms with Gasteiger partial charge in [0, 0.05) is 22.7 Å². The number of hydrazone groups is 1. The Morgan fingerprint density at radius 2 is 1.75 bits per heavy atom. The monoisotopic (exact) mass is 472 g/mol. The van der Waals surface area contributed by atoms with Gasteiger partial charge in [0.25, 0.3) is 21.6 Å². The van der Waals surface area contributed by atoms with E-state index in [1.165, 1.54) is 48.7 Å². The van der Waals surface area contributed by atoms with E-state index in [1.807, 2.05) is 0 Å². The molecule has 0 aliphatic rings. The second-order valence-corrected chi connectivity index (χ2v) is 8.69. The lowest BCUT2D eigenvalue weighted by Gasteiger charge is -2.23. The van der Waals surface area contributed by atoms with Crippen molar-refractivity contribution in [3.8, 4) is 0 Å². The summed E-state index contributed by atoms with van der Waals surface area (Å²) in [6.45, 7) is -0.655. The standard InChI is InChI=1S/C21H17ClN4O5S/c22-20-12-5-4-7-16(20)14-23-24-21(27)15-25(17-8-6-9-18(13-17)26(28)29)32(30,31)19-10-2-1-3-11-19/h1-14H,15H2,(H,24,27)/b23-14-. The number of nitro groups is 1. The molecule has 3 aromatic rings. The highest BCUT2D eigenvalue weighted by molar-refractivity contribution is 7.92. The van der Waals surface area contributed by atoms with Crippen LogP contribution in [0.2, 0.25) is 5.02 Å². The number of rotatable bonds is 8. The van der Waals surface area contributed by atoms with Crippen molar-refractivity contribution in [3.05, 3.63) is 99.6 Å². The van der Waals surface area contributed by atoms with E-state index in [2.05, 4.69) is 10.5 Å². The average molecular weight is 473 g/mol. The Labute approximate surface area is 189 Å². The second-order valence-electron chi connectivity index (χ2n) is 6.42. The molecule has 0 atom stereocenters. The molecule has 0 bridgehead atoms. The SMILES string of the molecule is O=C(CN(c1cccc([N+](=O)[O-])c1)S(=O)(=O)c1ccccc1)N/N=C\c1ccccc1Cl. The van der Waals surface area contributed by atoms with Crippen LogP contribution >= 0.6 is 11.6 Å². The maximum atomic E-state index is 13.2. The number of nitro benzene ring substituents is 1. The summed E-state index contributed by atoms with van der Waals surface area (Å²) >= 11 is 6.03. The molecule has 32 heavy (non-hydrogen) atoms. The fourth-order valence-electron chi connectivity index (χ4n) is 2.72. The number of amides is 1. The first-order chi connectivity index (χ1) is 15.3. The van der Waals surface area contributed by atoms with Crippen molar-refractivity contribution in [2.24, 2.45) is 5.10 Å². The molecule has 0 spiro atoms. The number of nitrogens with one attached hydrogen (secondary N) is 1. The Bertz CT molecular complexity index is 1270. The lowest BCUT2D eigenvalue weighted by molar-refractivity contribution is -0.384. The highest BCUT2D eigenvalue weighted by Crippen LogP contribution is 2.26. The van der Waals surface area contributed by atoms with Crippen LogP contribution in [-0.2, 0) is 14.8 Å². The summed E-state index contributed by atoms with van der Waals surface area (Å²) < 4.78 is 27.2. The van der Waals surface area contributed by atoms with Gasteiger partial charge in [0.05, 0.1) is 21.7 Å². The molecular weight excluding hydrogens is 456 g/mol. The number of carbonyl (C=O) groups excluding carboxylic acids is 1. The van der Waals surface area contributed by atoms with Gasteiger partial charge in [0.1, 0.15) is 6.54 Å². The van der Waals surface area contributed by atoms with Crippen LogP contribution in [0.5, 0.6) is 0 Å². The number of hydrogen-bond acceptors (Lipinski definition) is 6. The van der Waals surface area contributed by atoms with Crippen molar-refractivity contribution in [1.82, 2.24) is 5.43 Å². The van der Waals surface area contributed by atoms with Gasteiger partial charge < -0.3 is 0 Å². The molecule has 1 N–H and O–H groups in total. The first-order valence-corrected chi connectivity index (χ1v) is 11.0. The van der Waals surface area contributed by atoms with Gasteiger partial charge in [-0.15, -0.1) is 0 Å². The number of hydrogen-bond donors (Lipinski definition) is 1. The summed E-state index contributed by atoms with van der Waals surface area (Å²) in [6, 6.07) is 19.3. The molecule has 3 rings (SSSR count). The summed E-state index contributed by atoms with van der Waals surface area (Å²) in [5.74, 6) is -0.751. The maximum absolute atomic E-state index is 13.2. The van der Waals surface area contributed by atoms with Crippen LogP contribution in [0, 0.1) is 10.1 Å². The molecule has 0 saturated carbocycles. The van der Waals surface area contributed by atoms with Crippen LogP contribution in [-0.4, -0.2) is 32.0 Å². The van der Waals surface area contributed by atoms with E-state index in [0.717, 1.165) is 10.4 Å². The third-order valence-electron chi connectivity index (χ3n) is 4.25. The minimum atomic E-state index is -4.20. The topological polar surface area (TPSA) is 122 Å². The van der Waals surface area contributed by atoms with Crippen molar-refractivity contribution in [2.45, 2.75) is 4.90 Å². The Kier molecular flexibility index (Phi) is 7.18. The van der Waals surface area contributed by atoms with Gasteiger partial charge in [0.15, 0.2) is 0 Å². The lowest BCUT2D eigenvalue weighted by Crippen LogP contribution is -2.39. The molecule has 0 heterocycles. The first kappa shape index (κ1) is 22.9. The molecular formula is C21H17ClN4O5S. The first-order valence-electron chi connectivity index (χ1n) is 9.18. The summed E-state index contributed by atoms with van der Waals surface area (Å²) in [4.78, 5) is 22.9. The predicted molar refractivity (Wildman–Crippen MR) is 121 cm³/mol. The average Bonchev–Trinajstić information content (AvgIpc) is 2.79. The highest BCUT2D eigenvalue weighted by Gasteiger charge is 2.28. The second kappa shape index (κ2) is 10.0. The molecule has 9 nitrogen and oxygen atoms in total. The molecule has 0 aliphatic carbocycles. The van der Waals surface area contributed by atoms with Crippen molar-refractivity contribution in [2.75, 3.05) is 10.8 Å². The van der Waals surface area contributed by atoms with Crippen molar-refractivity contribution in [1.29, 1.82) is 0 Å². The molecule has 164 valence electrons. The minimum Gasteiger partial charge on any atom is -0.271 e. The van der Waals surface area contributed by atoms with Crippen LogP contribution in [0.3, 0.4) is 0 Å². The number of sulfonamides is 1. The number of benzene rings is 3. The van der Waals surface area contributed by atoms with Crippen LogP contribution in [0.4, 0.5) is 11.4 Å². The van der Waals surface area contributed by atoms with E-state index in [4.69, 9.17) is 11.6 Å². The maximum Gasteiger partial charge on any atom is 0.271 e. The van der Waals surface area contributed by atoms with Gasteiger partial charge in [-0.1, -0.05) is 54.1 Å². The molecule has 3 aromatic carbocycles. The smallest absolute Gasteiger partial charge is 0.271 e. The van der Waals surface area contributed by atoms with Gasteiger partial charge in [-0.05, 0) is 24.3 Å². The number of carbonyl (C=O) groups is 1. The summed E-state index contributed by atoms with van der Waals surface area (Å²) in [5.41, 5.74) is 2.46. The van der Waals surface area contributed by atoms with Crippen molar-refractivity contribution in [3.63, 3.8) is 0 Å². The van der Waals surface area contributed by atoms with E-state index >= 15 is 0 Å². The van der Waals surface area contributed by atoms with Gasteiger partial charge in [-0.25, -0.2) is 13.8 Å². The molecule has 0 aromatic heterocycles. The lowest BCUT2D eigenvalue weighted by atomic mass is 10.2. The van der Waals surface area contributed by atoms with Crippen molar-refractivity contribution >= 4 is 45.1 Å². The van der Waals surface area contributed by atoms with Crippen LogP contribution in [0.25, 0.3) is 0 Å². The fraction of sp³-hybridized carbons (Fsp3) is 0.0476. The van der Waals surface area contributed by atoms with E-state index in [1.54, 1.807) is 30.3 Å². The summed E-state index contributed by atoms with van der Waals surface area (Å²) in [7, 11) is -4.20. The Balaban J connectivity index is 1.89. The summed E-state index contributed by atoms with van der Waals surface area (Å²) in [6.07, 6.45) is 1.32. The van der Waals surface area contributed by atoms with Crippen LogP contribution in [0.15, 0.2) is 88.9 Å². The number of halogens is 1. The molecule has 11 heteroatoms. The van der Waals surface area contributed by atoms with E-state index in [9.17, 15) is 23.3 Å². The van der Waals surface area contributed by atoms with Gasteiger partial charge in [-0.3, -0.25) is 19.2 Å². The molecule has 0 unspecified atom stereocenters. The van der Waals surface area contributed by atoms with Gasteiger partial charge in [0.2, 0.25) is 0 Å². The number of non-ortho nitro benzene ring substituents is 1. The Morgan fingerprint density at radius 1 is 1.06 bits per heavy atom. The fourth-order valence-corrected chi connectivity index (χ4v) is 4.33. The van der Waals surface area contributed by atoms with E-state index < -0.39 is 27.4 Å². The number of nitrogens with zero attached hydrogens (tertiary/aromatic N) is 3. The zero-order chi connectivity index (χ0) is 23.1.